The third-order valence-electron chi connectivity index (χ3n) is 2.49. The first kappa shape index (κ1) is 15.0. The molecule has 1 aromatic heterocycles. The van der Waals surface area contributed by atoms with Crippen LogP contribution in [0.1, 0.15) is 12.6 Å². The van der Waals surface area contributed by atoms with Crippen molar-refractivity contribution in [3.8, 4) is 11.5 Å². The van der Waals surface area contributed by atoms with Gasteiger partial charge in [-0.25, -0.2) is 4.98 Å². The molecule has 0 radical (unpaired) electrons. The van der Waals surface area contributed by atoms with Gasteiger partial charge in [0, 0.05) is 5.75 Å². The number of hydrogen-bond donors (Lipinski definition) is 1. The summed E-state index contributed by atoms with van der Waals surface area (Å²) in [7, 11) is 0. The molecule has 0 fully saturated rings. The first-order chi connectivity index (χ1) is 9.70. The zero-order valence-corrected chi connectivity index (χ0v) is 13.2. The van der Waals surface area contributed by atoms with Gasteiger partial charge in [-0.05, 0) is 26.0 Å². The molecule has 2 aromatic rings. The van der Waals surface area contributed by atoms with E-state index in [0.29, 0.717) is 18.3 Å². The Morgan fingerprint density at radius 2 is 1.95 bits per heavy atom. The molecule has 2 rings (SSSR count). The number of benzene rings is 1. The molecule has 0 aliphatic carbocycles. The van der Waals surface area contributed by atoms with Crippen LogP contribution in [0.2, 0.25) is 0 Å². The standard InChI is InChI=1S/C14H18N2O2S2/c1-3-17-11-6-4-5-7-12(11)18-8-9-19-13-10(2)16-14(15)20-13/h4-7H,3,8-9H2,1-2H3,(H2,15,16). The van der Waals surface area contributed by atoms with E-state index in [1.54, 1.807) is 11.8 Å². The smallest absolute Gasteiger partial charge is 0.181 e. The molecule has 0 bridgehead atoms. The van der Waals surface area contributed by atoms with Crippen LogP contribution in [0, 0.1) is 6.92 Å². The van der Waals surface area contributed by atoms with Crippen LogP contribution in [0.25, 0.3) is 0 Å². The molecular formula is C14H18N2O2S2. The maximum absolute atomic E-state index is 5.77. The summed E-state index contributed by atoms with van der Waals surface area (Å²) in [5.74, 6) is 2.43. The first-order valence-electron chi connectivity index (χ1n) is 6.41. The highest BCUT2D eigenvalue weighted by Crippen LogP contribution is 2.31. The summed E-state index contributed by atoms with van der Waals surface area (Å²) in [6.45, 7) is 5.19. The lowest BCUT2D eigenvalue weighted by Crippen LogP contribution is -2.02. The summed E-state index contributed by atoms with van der Waals surface area (Å²) in [4.78, 5) is 4.20. The number of ether oxygens (including phenoxy) is 2. The van der Waals surface area contributed by atoms with E-state index in [-0.39, 0.29) is 0 Å². The number of rotatable bonds is 7. The fraction of sp³-hybridized carbons (Fsp3) is 0.357. The summed E-state index contributed by atoms with van der Waals surface area (Å²) in [6, 6.07) is 7.72. The Bertz CT molecular complexity index is 558. The average Bonchev–Trinajstić information content (AvgIpc) is 2.75. The van der Waals surface area contributed by atoms with Gasteiger partial charge in [0.1, 0.15) is 0 Å². The lowest BCUT2D eigenvalue weighted by molar-refractivity contribution is 0.289. The second-order valence-electron chi connectivity index (χ2n) is 4.00. The highest BCUT2D eigenvalue weighted by atomic mass is 32.2. The van der Waals surface area contributed by atoms with E-state index in [1.807, 2.05) is 38.1 Å². The highest BCUT2D eigenvalue weighted by molar-refractivity contribution is 8.01. The molecule has 0 unspecified atom stereocenters. The van der Waals surface area contributed by atoms with Gasteiger partial charge < -0.3 is 15.2 Å². The molecule has 6 heteroatoms. The molecule has 0 aliphatic rings. The summed E-state index contributed by atoms with van der Waals surface area (Å²) < 4.78 is 12.4. The molecule has 1 heterocycles. The Hall–Kier alpha value is -1.40. The van der Waals surface area contributed by atoms with Crippen LogP contribution in [0.15, 0.2) is 28.5 Å². The minimum Gasteiger partial charge on any atom is -0.490 e. The van der Waals surface area contributed by atoms with Crippen molar-refractivity contribution in [1.29, 1.82) is 0 Å². The maximum atomic E-state index is 5.77. The summed E-state index contributed by atoms with van der Waals surface area (Å²) in [5.41, 5.74) is 6.67. The van der Waals surface area contributed by atoms with E-state index in [2.05, 4.69) is 4.98 Å². The molecule has 20 heavy (non-hydrogen) atoms. The SMILES string of the molecule is CCOc1ccccc1OCCSc1sc(N)nc1C. The van der Waals surface area contributed by atoms with E-state index in [9.17, 15) is 0 Å². The van der Waals surface area contributed by atoms with Crippen molar-refractivity contribution >= 4 is 28.2 Å². The second kappa shape index (κ2) is 7.40. The molecule has 4 nitrogen and oxygen atoms in total. The topological polar surface area (TPSA) is 57.4 Å². The predicted molar refractivity (Wildman–Crippen MR) is 85.1 cm³/mol. The Kier molecular flexibility index (Phi) is 5.55. The van der Waals surface area contributed by atoms with Crippen LogP contribution in [0.4, 0.5) is 5.13 Å². The minimum atomic E-state index is 0.617. The maximum Gasteiger partial charge on any atom is 0.181 e. The summed E-state index contributed by atoms with van der Waals surface area (Å²) in [5, 5.41) is 0.618. The Labute approximate surface area is 127 Å². The van der Waals surface area contributed by atoms with Crippen molar-refractivity contribution in [2.24, 2.45) is 0 Å². The number of para-hydroxylation sites is 2. The Balaban J connectivity index is 1.83. The molecule has 0 spiro atoms. The van der Waals surface area contributed by atoms with E-state index < -0.39 is 0 Å². The third kappa shape index (κ3) is 4.05. The molecule has 0 saturated carbocycles. The number of aryl methyl sites for hydroxylation is 1. The largest absolute Gasteiger partial charge is 0.490 e. The van der Waals surface area contributed by atoms with Crippen LogP contribution in [0.3, 0.4) is 0 Å². The molecular weight excluding hydrogens is 292 g/mol. The predicted octanol–water partition coefficient (Wildman–Crippen LogP) is 3.60. The molecule has 0 amide bonds. The number of thiazole rings is 1. The van der Waals surface area contributed by atoms with E-state index in [0.717, 1.165) is 27.2 Å². The molecule has 2 N–H and O–H groups in total. The molecule has 0 saturated heterocycles. The van der Waals surface area contributed by atoms with Gasteiger partial charge in [0.05, 0.1) is 23.1 Å². The molecule has 0 aliphatic heterocycles. The van der Waals surface area contributed by atoms with Gasteiger partial charge in [0.2, 0.25) is 0 Å². The van der Waals surface area contributed by atoms with Crippen LogP contribution in [-0.4, -0.2) is 24.0 Å². The number of aromatic nitrogens is 1. The van der Waals surface area contributed by atoms with Crippen molar-refractivity contribution in [3.05, 3.63) is 30.0 Å². The van der Waals surface area contributed by atoms with Gasteiger partial charge in [-0.3, -0.25) is 0 Å². The van der Waals surface area contributed by atoms with E-state index in [4.69, 9.17) is 15.2 Å². The fourth-order valence-electron chi connectivity index (χ4n) is 1.67. The van der Waals surface area contributed by atoms with Crippen molar-refractivity contribution in [1.82, 2.24) is 4.98 Å². The minimum absolute atomic E-state index is 0.617. The monoisotopic (exact) mass is 310 g/mol. The number of anilines is 1. The Morgan fingerprint density at radius 3 is 2.55 bits per heavy atom. The highest BCUT2D eigenvalue weighted by Gasteiger charge is 2.07. The van der Waals surface area contributed by atoms with E-state index >= 15 is 0 Å². The van der Waals surface area contributed by atoms with Gasteiger partial charge in [-0.2, -0.15) is 0 Å². The van der Waals surface area contributed by atoms with Gasteiger partial charge in [0.25, 0.3) is 0 Å². The lowest BCUT2D eigenvalue weighted by Gasteiger charge is -2.11. The van der Waals surface area contributed by atoms with Crippen molar-refractivity contribution in [2.45, 2.75) is 18.1 Å². The normalized spacial score (nSPS) is 10.5. The molecule has 108 valence electrons. The van der Waals surface area contributed by atoms with Gasteiger partial charge in [-0.15, -0.1) is 11.8 Å². The van der Waals surface area contributed by atoms with Gasteiger partial charge >= 0.3 is 0 Å². The first-order valence-corrected chi connectivity index (χ1v) is 8.21. The number of hydrogen-bond acceptors (Lipinski definition) is 6. The number of nitrogen functional groups attached to an aromatic ring is 1. The zero-order chi connectivity index (χ0) is 14.4. The van der Waals surface area contributed by atoms with Crippen molar-refractivity contribution < 1.29 is 9.47 Å². The molecule has 1 aromatic carbocycles. The second-order valence-corrected chi connectivity index (χ2v) is 6.40. The third-order valence-corrected chi connectivity index (χ3v) is 4.81. The van der Waals surface area contributed by atoms with Crippen LogP contribution in [0.5, 0.6) is 11.5 Å². The fourth-order valence-corrected chi connectivity index (χ4v) is 3.58. The van der Waals surface area contributed by atoms with Crippen molar-refractivity contribution in [3.63, 3.8) is 0 Å². The van der Waals surface area contributed by atoms with Gasteiger partial charge in [-0.1, -0.05) is 23.5 Å². The van der Waals surface area contributed by atoms with Crippen molar-refractivity contribution in [2.75, 3.05) is 24.7 Å². The van der Waals surface area contributed by atoms with E-state index in [1.165, 1.54) is 11.3 Å². The van der Waals surface area contributed by atoms with Gasteiger partial charge in [0.15, 0.2) is 16.6 Å². The zero-order valence-electron chi connectivity index (χ0n) is 11.6. The van der Waals surface area contributed by atoms with Crippen LogP contribution >= 0.6 is 23.1 Å². The lowest BCUT2D eigenvalue weighted by atomic mass is 10.3. The quantitative estimate of drug-likeness (QED) is 0.625. The average molecular weight is 310 g/mol. The van der Waals surface area contributed by atoms with Crippen LogP contribution < -0.4 is 15.2 Å². The molecule has 0 atom stereocenters. The number of nitrogens with two attached hydrogens (primary N) is 1. The number of nitrogens with zero attached hydrogens (tertiary/aromatic N) is 1. The van der Waals surface area contributed by atoms with Crippen LogP contribution in [-0.2, 0) is 0 Å². The Morgan fingerprint density at radius 1 is 1.25 bits per heavy atom. The number of thioether (sulfide) groups is 1. The summed E-state index contributed by atoms with van der Waals surface area (Å²) >= 11 is 3.24. The summed E-state index contributed by atoms with van der Waals surface area (Å²) in [6.07, 6.45) is 0.